The first-order valence-electron chi connectivity index (χ1n) is 7.68. The topological polar surface area (TPSA) is 12.0 Å². The maximum absolute atomic E-state index is 13.2. The predicted molar refractivity (Wildman–Crippen MR) is 76.6 cm³/mol. The Morgan fingerprint density at radius 1 is 1.11 bits per heavy atom. The highest BCUT2D eigenvalue weighted by molar-refractivity contribution is 5.35. The normalized spacial score (nSPS) is 34.3. The van der Waals surface area contributed by atoms with Gasteiger partial charge in [-0.2, -0.15) is 0 Å². The molecule has 0 aromatic heterocycles. The van der Waals surface area contributed by atoms with Crippen molar-refractivity contribution in [3.05, 3.63) is 35.1 Å². The summed E-state index contributed by atoms with van der Waals surface area (Å²) >= 11 is 0. The van der Waals surface area contributed by atoms with Crippen molar-refractivity contribution in [3.8, 4) is 0 Å². The Kier molecular flexibility index (Phi) is 3.62. The number of rotatable bonds is 2. The molecule has 1 N–H and O–H groups in total. The molecule has 104 valence electrons. The average Bonchev–Trinajstić information content (AvgIpc) is 2.76. The van der Waals surface area contributed by atoms with Crippen LogP contribution >= 0.6 is 0 Å². The van der Waals surface area contributed by atoms with E-state index in [2.05, 4.69) is 19.2 Å². The Balaban J connectivity index is 1.66. The molecule has 0 saturated heterocycles. The zero-order valence-corrected chi connectivity index (χ0v) is 12.0. The third-order valence-corrected chi connectivity index (χ3v) is 5.22. The van der Waals surface area contributed by atoms with Crippen LogP contribution in [0.5, 0.6) is 0 Å². The van der Waals surface area contributed by atoms with E-state index in [0.717, 1.165) is 24.7 Å². The van der Waals surface area contributed by atoms with Gasteiger partial charge in [0.05, 0.1) is 0 Å². The summed E-state index contributed by atoms with van der Waals surface area (Å²) in [6.07, 6.45) is 6.05. The molecule has 0 aliphatic heterocycles. The summed E-state index contributed by atoms with van der Waals surface area (Å²) in [5, 5.41) is 3.82. The number of hydrogen-bond acceptors (Lipinski definition) is 1. The Bertz CT molecular complexity index is 457. The number of nitrogens with one attached hydrogen (secondary N) is 1. The van der Waals surface area contributed by atoms with E-state index >= 15 is 0 Å². The lowest BCUT2D eigenvalue weighted by molar-refractivity contribution is 0.215. The van der Waals surface area contributed by atoms with Crippen LogP contribution in [0.1, 0.15) is 56.7 Å². The zero-order valence-electron chi connectivity index (χ0n) is 12.0. The molecular weight excluding hydrogens is 237 g/mol. The van der Waals surface area contributed by atoms with Crippen LogP contribution in [0.2, 0.25) is 0 Å². The van der Waals surface area contributed by atoms with Gasteiger partial charge < -0.3 is 5.32 Å². The van der Waals surface area contributed by atoms with Crippen molar-refractivity contribution >= 4 is 0 Å². The third-order valence-electron chi connectivity index (χ3n) is 5.22. The fourth-order valence-corrected chi connectivity index (χ4v) is 3.74. The predicted octanol–water partition coefficient (Wildman–Crippen LogP) is 4.23. The first-order chi connectivity index (χ1) is 9.13. The van der Waals surface area contributed by atoms with Crippen molar-refractivity contribution in [2.75, 3.05) is 0 Å². The van der Waals surface area contributed by atoms with Crippen molar-refractivity contribution in [2.24, 2.45) is 11.8 Å². The Morgan fingerprint density at radius 3 is 2.74 bits per heavy atom. The summed E-state index contributed by atoms with van der Waals surface area (Å²) in [6, 6.07) is 6.38. The van der Waals surface area contributed by atoms with E-state index in [-0.39, 0.29) is 5.82 Å². The van der Waals surface area contributed by atoms with E-state index in [1.807, 2.05) is 6.07 Å². The molecule has 0 heterocycles. The van der Waals surface area contributed by atoms with Gasteiger partial charge in [-0.05, 0) is 67.2 Å². The SMILES string of the molecule is CC1CCC(NC2CCc3cc(F)ccc32)CC1C. The zero-order chi connectivity index (χ0) is 13.4. The molecule has 1 aromatic carbocycles. The molecule has 1 aromatic rings. The van der Waals surface area contributed by atoms with Crippen molar-refractivity contribution in [2.45, 2.75) is 58.0 Å². The van der Waals surface area contributed by atoms with Crippen LogP contribution in [0.15, 0.2) is 18.2 Å². The van der Waals surface area contributed by atoms with Gasteiger partial charge in [0.1, 0.15) is 5.82 Å². The van der Waals surface area contributed by atoms with Crippen LogP contribution < -0.4 is 5.32 Å². The first kappa shape index (κ1) is 13.1. The summed E-state index contributed by atoms with van der Waals surface area (Å²) in [4.78, 5) is 0. The molecule has 2 aliphatic rings. The summed E-state index contributed by atoms with van der Waals surface area (Å²) < 4.78 is 13.2. The summed E-state index contributed by atoms with van der Waals surface area (Å²) in [6.45, 7) is 4.74. The molecule has 2 heteroatoms. The van der Waals surface area contributed by atoms with Gasteiger partial charge in [0.15, 0.2) is 0 Å². The molecule has 1 fully saturated rings. The number of fused-ring (bicyclic) bond motifs is 1. The minimum absolute atomic E-state index is 0.0977. The average molecular weight is 261 g/mol. The molecule has 0 bridgehead atoms. The van der Waals surface area contributed by atoms with E-state index in [4.69, 9.17) is 0 Å². The van der Waals surface area contributed by atoms with E-state index in [1.165, 1.54) is 30.4 Å². The van der Waals surface area contributed by atoms with Gasteiger partial charge in [0.25, 0.3) is 0 Å². The van der Waals surface area contributed by atoms with Gasteiger partial charge in [-0.3, -0.25) is 0 Å². The highest BCUT2D eigenvalue weighted by Gasteiger charge is 2.29. The van der Waals surface area contributed by atoms with Crippen LogP contribution in [0.3, 0.4) is 0 Å². The summed E-state index contributed by atoms with van der Waals surface area (Å²) in [5.41, 5.74) is 2.53. The molecule has 0 radical (unpaired) electrons. The lowest BCUT2D eigenvalue weighted by atomic mass is 9.79. The number of halogens is 1. The Hall–Kier alpha value is -0.890. The fraction of sp³-hybridized carbons (Fsp3) is 0.647. The highest BCUT2D eigenvalue weighted by Crippen LogP contribution is 2.35. The molecule has 4 unspecified atom stereocenters. The second kappa shape index (κ2) is 5.24. The highest BCUT2D eigenvalue weighted by atomic mass is 19.1. The Labute approximate surface area is 115 Å². The van der Waals surface area contributed by atoms with E-state index in [0.29, 0.717) is 12.1 Å². The molecule has 3 rings (SSSR count). The smallest absolute Gasteiger partial charge is 0.123 e. The Morgan fingerprint density at radius 2 is 1.95 bits per heavy atom. The molecule has 1 nitrogen and oxygen atoms in total. The second-order valence-corrected chi connectivity index (χ2v) is 6.57. The maximum atomic E-state index is 13.2. The maximum Gasteiger partial charge on any atom is 0.123 e. The largest absolute Gasteiger partial charge is 0.307 e. The van der Waals surface area contributed by atoms with E-state index in [1.54, 1.807) is 12.1 Å². The monoisotopic (exact) mass is 261 g/mol. The molecule has 2 aliphatic carbocycles. The molecule has 4 atom stereocenters. The lowest BCUT2D eigenvalue weighted by Crippen LogP contribution is -2.37. The first-order valence-corrected chi connectivity index (χ1v) is 7.68. The summed E-state index contributed by atoms with van der Waals surface area (Å²) in [5.74, 6) is 1.59. The molecule has 0 spiro atoms. The van der Waals surface area contributed by atoms with Crippen LogP contribution in [0, 0.1) is 17.7 Å². The molecule has 19 heavy (non-hydrogen) atoms. The van der Waals surface area contributed by atoms with Crippen molar-refractivity contribution in [1.82, 2.24) is 5.32 Å². The lowest BCUT2D eigenvalue weighted by Gasteiger charge is -2.34. The van der Waals surface area contributed by atoms with E-state index < -0.39 is 0 Å². The standard InChI is InChI=1S/C17H24FN/c1-11-3-6-15(9-12(11)2)19-17-8-4-13-10-14(18)5-7-16(13)17/h5,7,10-12,15,17,19H,3-4,6,8-9H2,1-2H3. The minimum Gasteiger partial charge on any atom is -0.307 e. The van der Waals surface area contributed by atoms with Crippen molar-refractivity contribution in [1.29, 1.82) is 0 Å². The molecule has 0 amide bonds. The van der Waals surface area contributed by atoms with Gasteiger partial charge >= 0.3 is 0 Å². The van der Waals surface area contributed by atoms with Gasteiger partial charge in [0, 0.05) is 12.1 Å². The quantitative estimate of drug-likeness (QED) is 0.840. The molecular formula is C17H24FN. The van der Waals surface area contributed by atoms with Crippen LogP contribution in [-0.2, 0) is 6.42 Å². The van der Waals surface area contributed by atoms with Crippen LogP contribution in [0.4, 0.5) is 4.39 Å². The number of hydrogen-bond donors (Lipinski definition) is 1. The number of aryl methyl sites for hydroxylation is 1. The molecule has 1 saturated carbocycles. The van der Waals surface area contributed by atoms with Crippen molar-refractivity contribution in [3.63, 3.8) is 0 Å². The van der Waals surface area contributed by atoms with Gasteiger partial charge in [-0.25, -0.2) is 4.39 Å². The van der Waals surface area contributed by atoms with Gasteiger partial charge in [0.2, 0.25) is 0 Å². The summed E-state index contributed by atoms with van der Waals surface area (Å²) in [7, 11) is 0. The minimum atomic E-state index is -0.0977. The number of benzene rings is 1. The van der Waals surface area contributed by atoms with Gasteiger partial charge in [-0.1, -0.05) is 19.9 Å². The van der Waals surface area contributed by atoms with Crippen LogP contribution in [-0.4, -0.2) is 6.04 Å². The van der Waals surface area contributed by atoms with E-state index in [9.17, 15) is 4.39 Å². The van der Waals surface area contributed by atoms with Gasteiger partial charge in [-0.15, -0.1) is 0 Å². The van der Waals surface area contributed by atoms with Crippen molar-refractivity contribution < 1.29 is 4.39 Å². The fourth-order valence-electron chi connectivity index (χ4n) is 3.74. The van der Waals surface area contributed by atoms with Crippen LogP contribution in [0.25, 0.3) is 0 Å². The third kappa shape index (κ3) is 2.69. The second-order valence-electron chi connectivity index (χ2n) is 6.57.